The summed E-state index contributed by atoms with van der Waals surface area (Å²) in [6.45, 7) is 1.99. The van der Waals surface area contributed by atoms with Gasteiger partial charge in [0, 0.05) is 0 Å². The highest BCUT2D eigenvalue weighted by atomic mass is 16.7. The van der Waals surface area contributed by atoms with Gasteiger partial charge in [-0.25, -0.2) is 9.42 Å². The monoisotopic (exact) mass is 268 g/mol. The van der Waals surface area contributed by atoms with Crippen LogP contribution in [0, 0.1) is 0 Å². The number of likely N-dealkylation sites (tertiary alicyclic amines) is 1. The van der Waals surface area contributed by atoms with Crippen LogP contribution in [0.4, 0.5) is 5.82 Å². The molecule has 1 fully saturated rings. The van der Waals surface area contributed by atoms with Crippen LogP contribution in [-0.2, 0) is 9.63 Å². The van der Waals surface area contributed by atoms with Crippen molar-refractivity contribution in [3.8, 4) is 0 Å². The molecule has 9 nitrogen and oxygen atoms in total. The largest absolute Gasteiger partial charge is 0.379 e. The van der Waals surface area contributed by atoms with Gasteiger partial charge in [0.15, 0.2) is 17.3 Å². The summed E-state index contributed by atoms with van der Waals surface area (Å²) in [7, 11) is 0. The Morgan fingerprint density at radius 1 is 1.37 bits per heavy atom. The predicted molar refractivity (Wildman–Crippen MR) is 65.8 cm³/mol. The van der Waals surface area contributed by atoms with Crippen LogP contribution >= 0.6 is 0 Å². The minimum Gasteiger partial charge on any atom is -0.379 e. The lowest BCUT2D eigenvalue weighted by molar-refractivity contribution is -0.145. The Morgan fingerprint density at radius 3 is 2.74 bits per heavy atom. The van der Waals surface area contributed by atoms with Crippen molar-refractivity contribution in [1.82, 2.24) is 15.2 Å². The van der Waals surface area contributed by atoms with Crippen molar-refractivity contribution >= 4 is 17.6 Å². The lowest BCUT2D eigenvalue weighted by Crippen LogP contribution is -2.35. The van der Waals surface area contributed by atoms with Gasteiger partial charge in [0.2, 0.25) is 0 Å². The Labute approximate surface area is 109 Å². The summed E-state index contributed by atoms with van der Waals surface area (Å²) in [5, 5.41) is 10.2. The van der Waals surface area contributed by atoms with E-state index in [1.807, 2.05) is 4.90 Å². The van der Waals surface area contributed by atoms with Gasteiger partial charge in [-0.3, -0.25) is 4.90 Å². The van der Waals surface area contributed by atoms with Crippen molar-refractivity contribution < 1.29 is 14.3 Å². The Kier molecular flexibility index (Phi) is 4.29. The van der Waals surface area contributed by atoms with Crippen molar-refractivity contribution in [2.75, 3.05) is 25.4 Å². The SMILES string of the molecule is N/C(=N\OC(=O)CN1CCCCC1)c1nonc1N. The Balaban J connectivity index is 1.83. The third-order valence-electron chi connectivity index (χ3n) is 2.80. The van der Waals surface area contributed by atoms with Gasteiger partial charge in [-0.2, -0.15) is 0 Å². The number of hydrogen-bond donors (Lipinski definition) is 2. The van der Waals surface area contributed by atoms with Crippen molar-refractivity contribution in [3.05, 3.63) is 5.69 Å². The zero-order valence-corrected chi connectivity index (χ0v) is 10.4. The molecule has 19 heavy (non-hydrogen) atoms. The number of nitrogen functional groups attached to an aromatic ring is 1. The van der Waals surface area contributed by atoms with E-state index in [2.05, 4.69) is 20.1 Å². The molecule has 0 aliphatic carbocycles. The minimum atomic E-state index is -0.472. The summed E-state index contributed by atoms with van der Waals surface area (Å²) in [5.41, 5.74) is 11.0. The quantitative estimate of drug-likeness (QED) is 0.317. The molecule has 1 aliphatic heterocycles. The molecule has 0 saturated carbocycles. The lowest BCUT2D eigenvalue weighted by Gasteiger charge is -2.24. The maximum atomic E-state index is 11.6. The molecule has 1 aliphatic rings. The highest BCUT2D eigenvalue weighted by molar-refractivity contribution is 5.99. The highest BCUT2D eigenvalue weighted by Gasteiger charge is 2.16. The number of nitrogens with zero attached hydrogens (tertiary/aromatic N) is 4. The van der Waals surface area contributed by atoms with Crippen LogP contribution in [0.15, 0.2) is 9.78 Å². The zero-order valence-electron chi connectivity index (χ0n) is 10.4. The average molecular weight is 268 g/mol. The molecule has 1 aromatic rings. The molecule has 1 aromatic heterocycles. The third-order valence-corrected chi connectivity index (χ3v) is 2.80. The molecule has 1 saturated heterocycles. The van der Waals surface area contributed by atoms with Crippen LogP contribution < -0.4 is 11.5 Å². The topological polar surface area (TPSA) is 133 Å². The molecule has 0 unspecified atom stereocenters. The summed E-state index contributed by atoms with van der Waals surface area (Å²) in [6.07, 6.45) is 3.40. The normalized spacial score (nSPS) is 17.4. The summed E-state index contributed by atoms with van der Waals surface area (Å²) < 4.78 is 4.36. The molecule has 0 radical (unpaired) electrons. The van der Waals surface area contributed by atoms with Crippen molar-refractivity contribution in [3.63, 3.8) is 0 Å². The second-order valence-electron chi connectivity index (χ2n) is 4.27. The van der Waals surface area contributed by atoms with E-state index >= 15 is 0 Å². The first-order chi connectivity index (χ1) is 9.16. The second kappa shape index (κ2) is 6.14. The second-order valence-corrected chi connectivity index (χ2v) is 4.27. The summed E-state index contributed by atoms with van der Waals surface area (Å²) in [5.74, 6) is -0.626. The van der Waals surface area contributed by atoms with Crippen molar-refractivity contribution in [1.29, 1.82) is 0 Å². The number of oxime groups is 1. The summed E-state index contributed by atoms with van der Waals surface area (Å²) >= 11 is 0. The Bertz CT molecular complexity index is 466. The maximum Gasteiger partial charge on any atom is 0.348 e. The third kappa shape index (κ3) is 3.65. The first-order valence-corrected chi connectivity index (χ1v) is 6.01. The van der Waals surface area contributed by atoms with Crippen molar-refractivity contribution in [2.45, 2.75) is 19.3 Å². The lowest BCUT2D eigenvalue weighted by atomic mass is 10.1. The number of carbonyl (C=O) groups excluding carboxylic acids is 1. The van der Waals surface area contributed by atoms with Gasteiger partial charge < -0.3 is 16.3 Å². The standard InChI is InChI=1S/C10H16N6O3/c11-9(8-10(12)15-19-13-8)14-18-7(17)6-16-4-2-1-3-5-16/h1-6H2,(H2,11,14)(H2,12,15). The zero-order chi connectivity index (χ0) is 13.7. The van der Waals surface area contributed by atoms with E-state index in [0.29, 0.717) is 0 Å². The molecular weight excluding hydrogens is 252 g/mol. The molecular formula is C10H16N6O3. The van der Waals surface area contributed by atoms with Crippen LogP contribution in [0.25, 0.3) is 0 Å². The van der Waals surface area contributed by atoms with Crippen LogP contribution in [-0.4, -0.2) is 46.7 Å². The van der Waals surface area contributed by atoms with Gasteiger partial charge in [0.25, 0.3) is 0 Å². The first kappa shape index (κ1) is 13.3. The van der Waals surface area contributed by atoms with Crippen molar-refractivity contribution in [2.24, 2.45) is 10.9 Å². The molecule has 0 spiro atoms. The smallest absolute Gasteiger partial charge is 0.348 e. The van der Waals surface area contributed by atoms with E-state index in [1.54, 1.807) is 0 Å². The van der Waals surface area contributed by atoms with Crippen LogP contribution in [0.3, 0.4) is 0 Å². The van der Waals surface area contributed by atoms with Gasteiger partial charge in [-0.05, 0) is 36.2 Å². The maximum absolute atomic E-state index is 11.6. The number of nitrogens with two attached hydrogens (primary N) is 2. The fourth-order valence-electron chi connectivity index (χ4n) is 1.85. The van der Waals surface area contributed by atoms with Gasteiger partial charge in [0.05, 0.1) is 6.54 Å². The Hall–Kier alpha value is -2.16. The van der Waals surface area contributed by atoms with Gasteiger partial charge >= 0.3 is 5.97 Å². The molecule has 104 valence electrons. The minimum absolute atomic E-state index is 0.00618. The van der Waals surface area contributed by atoms with E-state index in [1.165, 1.54) is 6.42 Å². The number of amidine groups is 1. The molecule has 0 bridgehead atoms. The van der Waals surface area contributed by atoms with Crippen LogP contribution in [0.1, 0.15) is 25.0 Å². The average Bonchev–Trinajstić information content (AvgIpc) is 2.83. The van der Waals surface area contributed by atoms with Gasteiger partial charge in [0.1, 0.15) is 0 Å². The summed E-state index contributed by atoms with van der Waals surface area (Å²) in [4.78, 5) is 18.3. The molecule has 0 atom stereocenters. The molecule has 0 amide bonds. The van der Waals surface area contributed by atoms with E-state index < -0.39 is 5.97 Å². The number of carbonyl (C=O) groups is 1. The number of anilines is 1. The molecule has 9 heteroatoms. The first-order valence-electron chi connectivity index (χ1n) is 6.01. The molecule has 0 aromatic carbocycles. The molecule has 2 rings (SSSR count). The van der Waals surface area contributed by atoms with E-state index in [-0.39, 0.29) is 23.9 Å². The number of rotatable bonds is 4. The number of hydrogen-bond acceptors (Lipinski definition) is 8. The van der Waals surface area contributed by atoms with Crippen LogP contribution in [0.2, 0.25) is 0 Å². The van der Waals surface area contributed by atoms with Gasteiger partial charge in [-0.1, -0.05) is 11.6 Å². The fourth-order valence-corrected chi connectivity index (χ4v) is 1.85. The van der Waals surface area contributed by atoms with E-state index in [9.17, 15) is 4.79 Å². The number of piperidine rings is 1. The summed E-state index contributed by atoms with van der Waals surface area (Å²) in [6, 6.07) is 0. The van der Waals surface area contributed by atoms with Crippen LogP contribution in [0.5, 0.6) is 0 Å². The fraction of sp³-hybridized carbons (Fsp3) is 0.600. The number of aromatic nitrogens is 2. The van der Waals surface area contributed by atoms with E-state index in [4.69, 9.17) is 16.3 Å². The van der Waals surface area contributed by atoms with Gasteiger partial charge in [-0.15, -0.1) is 0 Å². The Morgan fingerprint density at radius 2 is 2.11 bits per heavy atom. The molecule has 4 N–H and O–H groups in total. The predicted octanol–water partition coefficient (Wildman–Crippen LogP) is -0.699. The van der Waals surface area contributed by atoms with E-state index in [0.717, 1.165) is 25.9 Å². The highest BCUT2D eigenvalue weighted by Crippen LogP contribution is 2.08. The molecule has 2 heterocycles.